The summed E-state index contributed by atoms with van der Waals surface area (Å²) in [7, 11) is -3.17. The van der Waals surface area contributed by atoms with Crippen molar-refractivity contribution >= 4 is 21.7 Å². The number of carboxylic acid groups (broad SMARTS) is 1. The van der Waals surface area contributed by atoms with Gasteiger partial charge < -0.3 is 10.0 Å². The Kier molecular flexibility index (Phi) is 4.01. The molecule has 1 aliphatic heterocycles. The molecule has 6 nitrogen and oxygen atoms in total. The van der Waals surface area contributed by atoms with Crippen molar-refractivity contribution in [2.45, 2.75) is 6.92 Å². The molecule has 0 bridgehead atoms. The van der Waals surface area contributed by atoms with Gasteiger partial charge in [-0.2, -0.15) is 4.31 Å². The van der Waals surface area contributed by atoms with Crippen LogP contribution in [0.3, 0.4) is 0 Å². The van der Waals surface area contributed by atoms with Gasteiger partial charge in [0.25, 0.3) is 0 Å². The highest BCUT2D eigenvalue weighted by molar-refractivity contribution is 7.88. The summed E-state index contributed by atoms with van der Waals surface area (Å²) in [4.78, 5) is 13.2. The average molecular weight is 298 g/mol. The minimum atomic E-state index is -3.17. The van der Waals surface area contributed by atoms with E-state index >= 15 is 0 Å². The van der Waals surface area contributed by atoms with Crippen LogP contribution < -0.4 is 4.90 Å². The number of anilines is 1. The van der Waals surface area contributed by atoms with Gasteiger partial charge in [0.2, 0.25) is 10.0 Å². The number of hydrogen-bond acceptors (Lipinski definition) is 4. The third-order valence-electron chi connectivity index (χ3n) is 3.43. The summed E-state index contributed by atoms with van der Waals surface area (Å²) in [5, 5.41) is 9.27. The zero-order valence-electron chi connectivity index (χ0n) is 11.5. The van der Waals surface area contributed by atoms with Gasteiger partial charge in [-0.25, -0.2) is 13.2 Å². The van der Waals surface area contributed by atoms with Crippen LogP contribution in [0.4, 0.5) is 5.69 Å². The fraction of sp³-hybridized carbons (Fsp3) is 0.462. The van der Waals surface area contributed by atoms with E-state index in [9.17, 15) is 18.3 Å². The van der Waals surface area contributed by atoms with Crippen molar-refractivity contribution in [1.29, 1.82) is 0 Å². The summed E-state index contributed by atoms with van der Waals surface area (Å²) < 4.78 is 24.3. The van der Waals surface area contributed by atoms with Crippen LogP contribution in [0, 0.1) is 6.92 Å². The van der Waals surface area contributed by atoms with Crippen molar-refractivity contribution in [3.05, 3.63) is 29.3 Å². The highest BCUT2D eigenvalue weighted by atomic mass is 32.2. The second-order valence-electron chi connectivity index (χ2n) is 4.97. The number of rotatable bonds is 3. The standard InChI is InChI=1S/C13H18N2O4S/c1-10-3-4-12(11(9-10)13(16)17)14-5-7-15(8-6-14)20(2,18)19/h3-4,9H,5-8H2,1-2H3,(H,16,17). The lowest BCUT2D eigenvalue weighted by Gasteiger charge is -2.35. The van der Waals surface area contributed by atoms with Gasteiger partial charge in [0.1, 0.15) is 0 Å². The minimum Gasteiger partial charge on any atom is -0.478 e. The Morgan fingerprint density at radius 2 is 1.80 bits per heavy atom. The number of aryl methyl sites for hydroxylation is 1. The predicted molar refractivity (Wildman–Crippen MR) is 76.8 cm³/mol. The highest BCUT2D eigenvalue weighted by Crippen LogP contribution is 2.23. The molecule has 0 amide bonds. The normalized spacial score (nSPS) is 17.2. The first kappa shape index (κ1) is 14.8. The number of piperazine rings is 1. The van der Waals surface area contributed by atoms with E-state index in [1.807, 2.05) is 17.9 Å². The molecule has 0 atom stereocenters. The second-order valence-corrected chi connectivity index (χ2v) is 6.96. The molecule has 110 valence electrons. The first-order valence-corrected chi connectivity index (χ1v) is 8.18. The molecule has 0 aliphatic carbocycles. The molecule has 0 spiro atoms. The lowest BCUT2D eigenvalue weighted by molar-refractivity contribution is 0.0697. The molecule has 1 aromatic rings. The maximum absolute atomic E-state index is 11.5. The van der Waals surface area contributed by atoms with E-state index in [0.29, 0.717) is 31.9 Å². The van der Waals surface area contributed by atoms with Crippen molar-refractivity contribution in [2.24, 2.45) is 0 Å². The molecule has 7 heteroatoms. The largest absolute Gasteiger partial charge is 0.478 e. The van der Waals surface area contributed by atoms with Crippen molar-refractivity contribution in [2.75, 3.05) is 37.3 Å². The van der Waals surface area contributed by atoms with Gasteiger partial charge in [0.05, 0.1) is 17.5 Å². The third-order valence-corrected chi connectivity index (χ3v) is 4.73. The van der Waals surface area contributed by atoms with Crippen molar-refractivity contribution in [3.63, 3.8) is 0 Å². The summed E-state index contributed by atoms with van der Waals surface area (Å²) in [6.45, 7) is 3.60. The number of hydrogen-bond donors (Lipinski definition) is 1. The van der Waals surface area contributed by atoms with Gasteiger partial charge in [-0.1, -0.05) is 11.6 Å². The van der Waals surface area contributed by atoms with Crippen LogP contribution in [-0.2, 0) is 10.0 Å². The zero-order chi connectivity index (χ0) is 14.9. The Hall–Kier alpha value is -1.60. The van der Waals surface area contributed by atoms with Gasteiger partial charge in [-0.15, -0.1) is 0 Å². The molecule has 0 saturated carbocycles. The maximum Gasteiger partial charge on any atom is 0.337 e. The number of sulfonamides is 1. The minimum absolute atomic E-state index is 0.262. The predicted octanol–water partition coefficient (Wildman–Crippen LogP) is 0.775. The fourth-order valence-electron chi connectivity index (χ4n) is 2.36. The van der Waals surface area contributed by atoms with E-state index in [0.717, 1.165) is 5.56 Å². The summed E-state index contributed by atoms with van der Waals surface area (Å²) in [6.07, 6.45) is 1.19. The van der Waals surface area contributed by atoms with E-state index in [1.165, 1.54) is 10.6 Å². The molecule has 20 heavy (non-hydrogen) atoms. The molecule has 1 aromatic carbocycles. The monoisotopic (exact) mass is 298 g/mol. The van der Waals surface area contributed by atoms with Crippen LogP contribution in [0.15, 0.2) is 18.2 Å². The van der Waals surface area contributed by atoms with Crippen LogP contribution in [0.2, 0.25) is 0 Å². The Bertz CT molecular complexity index is 619. The summed E-state index contributed by atoms with van der Waals surface area (Å²) in [6, 6.07) is 5.29. The van der Waals surface area contributed by atoms with Crippen molar-refractivity contribution < 1.29 is 18.3 Å². The first-order chi connectivity index (χ1) is 9.29. The van der Waals surface area contributed by atoms with Gasteiger partial charge >= 0.3 is 5.97 Å². The number of benzene rings is 1. The Balaban J connectivity index is 2.21. The molecule has 0 unspecified atom stereocenters. The third kappa shape index (κ3) is 3.10. The molecule has 1 saturated heterocycles. The summed E-state index contributed by atoms with van der Waals surface area (Å²) in [5.74, 6) is -0.964. The molecule has 1 heterocycles. The molecular formula is C13H18N2O4S. The second kappa shape index (κ2) is 5.41. The van der Waals surface area contributed by atoms with Crippen LogP contribution in [-0.4, -0.2) is 56.2 Å². The van der Waals surface area contributed by atoms with Crippen LogP contribution in [0.1, 0.15) is 15.9 Å². The lowest BCUT2D eigenvalue weighted by Crippen LogP contribution is -2.48. The molecule has 1 N–H and O–H groups in total. The van der Waals surface area contributed by atoms with Gasteiger partial charge in [0.15, 0.2) is 0 Å². The first-order valence-electron chi connectivity index (χ1n) is 6.33. The van der Waals surface area contributed by atoms with E-state index < -0.39 is 16.0 Å². The average Bonchev–Trinajstić information content (AvgIpc) is 2.37. The van der Waals surface area contributed by atoms with Crippen molar-refractivity contribution in [1.82, 2.24) is 4.31 Å². The fourth-order valence-corrected chi connectivity index (χ4v) is 3.18. The lowest BCUT2D eigenvalue weighted by atomic mass is 10.1. The van der Waals surface area contributed by atoms with E-state index in [4.69, 9.17) is 0 Å². The molecule has 2 rings (SSSR count). The molecule has 0 radical (unpaired) electrons. The number of carboxylic acids is 1. The van der Waals surface area contributed by atoms with E-state index in [1.54, 1.807) is 12.1 Å². The number of nitrogens with zero attached hydrogens (tertiary/aromatic N) is 2. The number of aromatic carboxylic acids is 1. The van der Waals surface area contributed by atoms with Crippen molar-refractivity contribution in [3.8, 4) is 0 Å². The highest BCUT2D eigenvalue weighted by Gasteiger charge is 2.25. The smallest absolute Gasteiger partial charge is 0.337 e. The van der Waals surface area contributed by atoms with E-state index in [2.05, 4.69) is 0 Å². The quantitative estimate of drug-likeness (QED) is 0.892. The molecule has 1 fully saturated rings. The Labute approximate surface area is 118 Å². The van der Waals surface area contributed by atoms with E-state index in [-0.39, 0.29) is 5.56 Å². The van der Waals surface area contributed by atoms with Gasteiger partial charge in [0, 0.05) is 26.2 Å². The molecule has 0 aromatic heterocycles. The SMILES string of the molecule is Cc1ccc(N2CCN(S(C)(=O)=O)CC2)c(C(=O)O)c1. The number of carbonyl (C=O) groups is 1. The maximum atomic E-state index is 11.5. The van der Waals surface area contributed by atoms with Crippen LogP contribution in [0.5, 0.6) is 0 Å². The molecule has 1 aliphatic rings. The zero-order valence-corrected chi connectivity index (χ0v) is 12.4. The Morgan fingerprint density at radius 3 is 2.30 bits per heavy atom. The van der Waals surface area contributed by atoms with Crippen LogP contribution >= 0.6 is 0 Å². The van der Waals surface area contributed by atoms with Crippen LogP contribution in [0.25, 0.3) is 0 Å². The van der Waals surface area contributed by atoms with Gasteiger partial charge in [-0.05, 0) is 19.1 Å². The molecular weight excluding hydrogens is 280 g/mol. The summed E-state index contributed by atoms with van der Waals surface area (Å²) >= 11 is 0. The summed E-state index contributed by atoms with van der Waals surface area (Å²) in [5.41, 5.74) is 1.80. The van der Waals surface area contributed by atoms with Gasteiger partial charge in [-0.3, -0.25) is 0 Å². The topological polar surface area (TPSA) is 77.9 Å². The Morgan fingerprint density at radius 1 is 1.20 bits per heavy atom.